The van der Waals surface area contributed by atoms with Crippen LogP contribution in [-0.2, 0) is 4.74 Å². The molecule has 0 bridgehead atoms. The maximum absolute atomic E-state index is 6.32. The molecule has 1 nitrogen and oxygen atoms in total. The molecule has 1 unspecified atom stereocenters. The van der Waals surface area contributed by atoms with Crippen LogP contribution in [-0.4, -0.2) is 13.7 Å². The van der Waals surface area contributed by atoms with E-state index in [0.717, 1.165) is 19.4 Å². The number of unbranched alkanes of at least 4 members (excludes halogenated alkanes) is 3. The summed E-state index contributed by atoms with van der Waals surface area (Å²) in [5.74, 6) is 0. The Morgan fingerprint density at radius 2 is 1.75 bits per heavy atom. The van der Waals surface area contributed by atoms with Crippen molar-refractivity contribution in [3.63, 3.8) is 0 Å². The van der Waals surface area contributed by atoms with Crippen molar-refractivity contribution in [2.75, 3.05) is 13.7 Å². The number of rotatable bonds is 8. The first-order valence-corrected chi connectivity index (χ1v) is 6.46. The first-order chi connectivity index (χ1) is 7.84. The predicted octanol–water partition coefficient (Wildman–Crippen LogP) is 4.56. The third kappa shape index (κ3) is 5.53. The van der Waals surface area contributed by atoms with E-state index in [4.69, 9.17) is 16.3 Å². The Hall–Kier alpha value is -0.530. The zero-order chi connectivity index (χ0) is 11.6. The molecule has 2 heteroatoms. The van der Waals surface area contributed by atoms with Crippen molar-refractivity contribution < 1.29 is 4.74 Å². The monoisotopic (exact) mass is 240 g/mol. The van der Waals surface area contributed by atoms with Gasteiger partial charge in [0, 0.05) is 13.7 Å². The van der Waals surface area contributed by atoms with Gasteiger partial charge in [-0.2, -0.15) is 0 Å². The summed E-state index contributed by atoms with van der Waals surface area (Å²) in [4.78, 5) is 0. The molecule has 0 aliphatic carbocycles. The van der Waals surface area contributed by atoms with Crippen LogP contribution in [0.3, 0.4) is 0 Å². The first-order valence-electron chi connectivity index (χ1n) is 6.02. The standard InChI is InChI=1S/C14H21ClO/c1-16-12-8-3-2-7-11-14(15)13-9-5-4-6-10-13/h4-6,9-10,14H,2-3,7-8,11-12H2,1H3. The zero-order valence-corrected chi connectivity index (χ0v) is 10.7. The van der Waals surface area contributed by atoms with Crippen LogP contribution >= 0.6 is 11.6 Å². The van der Waals surface area contributed by atoms with Crippen LogP contribution in [0.25, 0.3) is 0 Å². The van der Waals surface area contributed by atoms with Crippen molar-refractivity contribution in [1.82, 2.24) is 0 Å². The van der Waals surface area contributed by atoms with E-state index in [0.29, 0.717) is 0 Å². The Bertz CT molecular complexity index is 261. The second kappa shape index (κ2) is 8.60. The molecule has 0 radical (unpaired) electrons. The summed E-state index contributed by atoms with van der Waals surface area (Å²) in [6.07, 6.45) is 5.92. The van der Waals surface area contributed by atoms with Gasteiger partial charge in [0.25, 0.3) is 0 Å². The molecule has 1 aromatic rings. The molecule has 0 aliphatic rings. The van der Waals surface area contributed by atoms with E-state index in [1.165, 1.54) is 24.8 Å². The number of benzene rings is 1. The van der Waals surface area contributed by atoms with Gasteiger partial charge in [-0.05, 0) is 18.4 Å². The van der Waals surface area contributed by atoms with Crippen LogP contribution in [0, 0.1) is 0 Å². The Balaban J connectivity index is 2.09. The molecule has 0 amide bonds. The molecule has 90 valence electrons. The van der Waals surface area contributed by atoms with Crippen LogP contribution in [0.5, 0.6) is 0 Å². The van der Waals surface area contributed by atoms with Crippen LogP contribution in [0.15, 0.2) is 30.3 Å². The maximum Gasteiger partial charge on any atom is 0.0585 e. The van der Waals surface area contributed by atoms with Gasteiger partial charge in [0.05, 0.1) is 5.38 Å². The summed E-state index contributed by atoms with van der Waals surface area (Å²) in [6.45, 7) is 0.878. The van der Waals surface area contributed by atoms with E-state index in [9.17, 15) is 0 Å². The van der Waals surface area contributed by atoms with Crippen LogP contribution in [0.2, 0.25) is 0 Å². The van der Waals surface area contributed by atoms with E-state index in [2.05, 4.69) is 12.1 Å². The summed E-state index contributed by atoms with van der Waals surface area (Å²) < 4.78 is 5.01. The maximum atomic E-state index is 6.32. The van der Waals surface area contributed by atoms with Crippen molar-refractivity contribution in [3.8, 4) is 0 Å². The van der Waals surface area contributed by atoms with E-state index in [1.807, 2.05) is 18.2 Å². The van der Waals surface area contributed by atoms with Gasteiger partial charge in [0.15, 0.2) is 0 Å². The van der Waals surface area contributed by atoms with Crippen LogP contribution < -0.4 is 0 Å². The summed E-state index contributed by atoms with van der Waals surface area (Å²) in [6, 6.07) is 10.3. The number of hydrogen-bond donors (Lipinski definition) is 0. The molecular weight excluding hydrogens is 220 g/mol. The smallest absolute Gasteiger partial charge is 0.0585 e. The fraction of sp³-hybridized carbons (Fsp3) is 0.571. The van der Waals surface area contributed by atoms with Gasteiger partial charge < -0.3 is 4.74 Å². The second-order valence-electron chi connectivity index (χ2n) is 4.07. The highest BCUT2D eigenvalue weighted by Crippen LogP contribution is 2.26. The topological polar surface area (TPSA) is 9.23 Å². The number of alkyl halides is 1. The average molecular weight is 241 g/mol. The number of hydrogen-bond acceptors (Lipinski definition) is 1. The van der Waals surface area contributed by atoms with Crippen LogP contribution in [0.1, 0.15) is 43.0 Å². The minimum absolute atomic E-state index is 0.170. The van der Waals surface area contributed by atoms with Gasteiger partial charge in [-0.3, -0.25) is 0 Å². The number of methoxy groups -OCH3 is 1. The summed E-state index contributed by atoms with van der Waals surface area (Å²) in [5, 5.41) is 0.170. The Morgan fingerprint density at radius 1 is 1.06 bits per heavy atom. The highest BCUT2D eigenvalue weighted by molar-refractivity contribution is 6.20. The summed E-state index contributed by atoms with van der Waals surface area (Å²) in [7, 11) is 1.75. The molecule has 0 spiro atoms. The van der Waals surface area contributed by atoms with Crippen molar-refractivity contribution in [1.29, 1.82) is 0 Å². The van der Waals surface area contributed by atoms with Crippen molar-refractivity contribution >= 4 is 11.6 Å². The molecule has 0 saturated heterocycles. The molecule has 0 aliphatic heterocycles. The van der Waals surface area contributed by atoms with Crippen molar-refractivity contribution in [2.24, 2.45) is 0 Å². The lowest BCUT2D eigenvalue weighted by Gasteiger charge is -2.09. The van der Waals surface area contributed by atoms with Gasteiger partial charge in [0.1, 0.15) is 0 Å². The lowest BCUT2D eigenvalue weighted by atomic mass is 10.1. The van der Waals surface area contributed by atoms with Crippen molar-refractivity contribution in [2.45, 2.75) is 37.5 Å². The fourth-order valence-electron chi connectivity index (χ4n) is 1.75. The molecule has 1 rings (SSSR count). The van der Waals surface area contributed by atoms with Gasteiger partial charge >= 0.3 is 0 Å². The summed E-state index contributed by atoms with van der Waals surface area (Å²) >= 11 is 6.32. The third-order valence-electron chi connectivity index (χ3n) is 2.72. The van der Waals surface area contributed by atoms with Crippen molar-refractivity contribution in [3.05, 3.63) is 35.9 Å². The van der Waals surface area contributed by atoms with Crippen LogP contribution in [0.4, 0.5) is 0 Å². The number of ether oxygens (including phenoxy) is 1. The Labute approximate surface area is 104 Å². The molecule has 0 aromatic heterocycles. The quantitative estimate of drug-likeness (QED) is 0.478. The van der Waals surface area contributed by atoms with Gasteiger partial charge in [-0.15, -0.1) is 11.6 Å². The molecule has 0 heterocycles. The Morgan fingerprint density at radius 3 is 2.44 bits per heavy atom. The van der Waals surface area contributed by atoms with E-state index in [1.54, 1.807) is 7.11 Å². The van der Waals surface area contributed by atoms with E-state index in [-0.39, 0.29) is 5.38 Å². The zero-order valence-electron chi connectivity index (χ0n) is 9.99. The first kappa shape index (κ1) is 13.5. The molecule has 0 N–H and O–H groups in total. The largest absolute Gasteiger partial charge is 0.385 e. The minimum Gasteiger partial charge on any atom is -0.385 e. The minimum atomic E-state index is 0.170. The highest BCUT2D eigenvalue weighted by atomic mass is 35.5. The lowest BCUT2D eigenvalue weighted by Crippen LogP contribution is -1.92. The normalized spacial score (nSPS) is 12.6. The molecule has 0 saturated carbocycles. The van der Waals surface area contributed by atoms with Gasteiger partial charge in [0.2, 0.25) is 0 Å². The molecule has 16 heavy (non-hydrogen) atoms. The van der Waals surface area contributed by atoms with E-state index >= 15 is 0 Å². The predicted molar refractivity (Wildman–Crippen MR) is 70.0 cm³/mol. The Kier molecular flexibility index (Phi) is 7.28. The third-order valence-corrected chi connectivity index (χ3v) is 3.19. The highest BCUT2D eigenvalue weighted by Gasteiger charge is 2.05. The SMILES string of the molecule is COCCCCCCC(Cl)c1ccccc1. The summed E-state index contributed by atoms with van der Waals surface area (Å²) in [5.41, 5.74) is 1.24. The second-order valence-corrected chi connectivity index (χ2v) is 4.60. The average Bonchev–Trinajstić information content (AvgIpc) is 2.34. The molecule has 1 aromatic carbocycles. The number of halogens is 1. The lowest BCUT2D eigenvalue weighted by molar-refractivity contribution is 0.192. The van der Waals surface area contributed by atoms with Gasteiger partial charge in [-0.25, -0.2) is 0 Å². The molecule has 0 fully saturated rings. The molecular formula is C14H21ClO. The van der Waals surface area contributed by atoms with Gasteiger partial charge in [-0.1, -0.05) is 49.6 Å². The molecule has 1 atom stereocenters. The fourth-order valence-corrected chi connectivity index (χ4v) is 2.05. The van der Waals surface area contributed by atoms with E-state index < -0.39 is 0 Å².